The molecule has 1 atom stereocenters. The van der Waals surface area contributed by atoms with E-state index in [0.29, 0.717) is 25.3 Å². The standard InChI is InChI=1S/C14H19N3O2/c1-10(2)8-12-14(19)17(7-5-13(18)16-12)11-4-3-6-15-9-11/h3-4,6,9-10,12H,5,7-8H2,1-2H3,(H,16,18). The van der Waals surface area contributed by atoms with Crippen LogP contribution in [0.1, 0.15) is 26.7 Å². The van der Waals surface area contributed by atoms with Crippen molar-refractivity contribution < 1.29 is 9.59 Å². The summed E-state index contributed by atoms with van der Waals surface area (Å²) in [6.45, 7) is 4.49. The Kier molecular flexibility index (Phi) is 4.14. The van der Waals surface area contributed by atoms with E-state index in [1.807, 2.05) is 19.9 Å². The first kappa shape index (κ1) is 13.5. The molecule has 0 saturated carbocycles. The number of carbonyl (C=O) groups excluding carboxylic acids is 2. The van der Waals surface area contributed by atoms with Crippen LogP contribution in [-0.4, -0.2) is 29.4 Å². The van der Waals surface area contributed by atoms with Gasteiger partial charge in [0.2, 0.25) is 11.8 Å². The van der Waals surface area contributed by atoms with Crippen molar-refractivity contribution in [2.45, 2.75) is 32.7 Å². The number of nitrogens with one attached hydrogen (secondary N) is 1. The molecule has 1 aliphatic heterocycles. The third-order valence-electron chi connectivity index (χ3n) is 3.13. The van der Waals surface area contributed by atoms with Gasteiger partial charge < -0.3 is 10.2 Å². The van der Waals surface area contributed by atoms with Gasteiger partial charge in [0.1, 0.15) is 6.04 Å². The number of amides is 2. The quantitative estimate of drug-likeness (QED) is 0.893. The van der Waals surface area contributed by atoms with Gasteiger partial charge in [-0.2, -0.15) is 0 Å². The Morgan fingerprint density at radius 3 is 2.89 bits per heavy atom. The van der Waals surface area contributed by atoms with Crippen molar-refractivity contribution in [1.82, 2.24) is 10.3 Å². The molecule has 2 amide bonds. The zero-order valence-electron chi connectivity index (χ0n) is 11.3. The molecule has 0 radical (unpaired) electrons. The fourth-order valence-electron chi connectivity index (χ4n) is 2.24. The van der Waals surface area contributed by atoms with Crippen LogP contribution in [0.4, 0.5) is 5.69 Å². The highest BCUT2D eigenvalue weighted by atomic mass is 16.2. The van der Waals surface area contributed by atoms with Crippen LogP contribution < -0.4 is 10.2 Å². The van der Waals surface area contributed by atoms with Crippen molar-refractivity contribution in [2.24, 2.45) is 5.92 Å². The summed E-state index contributed by atoms with van der Waals surface area (Å²) in [4.78, 5) is 29.9. The van der Waals surface area contributed by atoms with E-state index < -0.39 is 6.04 Å². The summed E-state index contributed by atoms with van der Waals surface area (Å²) in [5, 5.41) is 2.81. The number of carbonyl (C=O) groups is 2. The molecule has 1 unspecified atom stereocenters. The zero-order valence-corrected chi connectivity index (χ0v) is 11.3. The molecule has 0 aliphatic carbocycles. The maximum absolute atomic E-state index is 12.5. The van der Waals surface area contributed by atoms with Crippen molar-refractivity contribution in [1.29, 1.82) is 0 Å². The summed E-state index contributed by atoms with van der Waals surface area (Å²) >= 11 is 0. The second-order valence-electron chi connectivity index (χ2n) is 5.20. The lowest BCUT2D eigenvalue weighted by Crippen LogP contribution is -2.45. The van der Waals surface area contributed by atoms with E-state index in [9.17, 15) is 9.59 Å². The van der Waals surface area contributed by atoms with Crippen LogP contribution >= 0.6 is 0 Å². The number of anilines is 1. The Morgan fingerprint density at radius 2 is 2.26 bits per heavy atom. The minimum Gasteiger partial charge on any atom is -0.344 e. The van der Waals surface area contributed by atoms with Gasteiger partial charge in [-0.05, 0) is 24.5 Å². The highest BCUT2D eigenvalue weighted by molar-refractivity contribution is 6.01. The summed E-state index contributed by atoms with van der Waals surface area (Å²) < 4.78 is 0. The van der Waals surface area contributed by atoms with Crippen LogP contribution in [0.2, 0.25) is 0 Å². The van der Waals surface area contributed by atoms with E-state index in [0.717, 1.165) is 5.69 Å². The van der Waals surface area contributed by atoms with Crippen LogP contribution in [0, 0.1) is 5.92 Å². The molecule has 1 fully saturated rings. The fourth-order valence-corrected chi connectivity index (χ4v) is 2.24. The lowest BCUT2D eigenvalue weighted by atomic mass is 10.0. The molecule has 1 aromatic heterocycles. The first-order valence-electron chi connectivity index (χ1n) is 6.58. The third kappa shape index (κ3) is 3.30. The average molecular weight is 261 g/mol. The summed E-state index contributed by atoms with van der Waals surface area (Å²) in [6, 6.07) is 3.20. The predicted molar refractivity (Wildman–Crippen MR) is 72.6 cm³/mol. The third-order valence-corrected chi connectivity index (χ3v) is 3.13. The van der Waals surface area contributed by atoms with E-state index in [2.05, 4.69) is 10.3 Å². The zero-order chi connectivity index (χ0) is 13.8. The molecule has 5 nitrogen and oxygen atoms in total. The highest BCUT2D eigenvalue weighted by Crippen LogP contribution is 2.18. The van der Waals surface area contributed by atoms with Gasteiger partial charge in [-0.3, -0.25) is 14.6 Å². The second-order valence-corrected chi connectivity index (χ2v) is 5.20. The molecule has 1 aromatic rings. The normalized spacial score (nSPS) is 20.4. The van der Waals surface area contributed by atoms with Gasteiger partial charge in [0.25, 0.3) is 0 Å². The molecule has 1 N–H and O–H groups in total. The number of rotatable bonds is 3. The largest absolute Gasteiger partial charge is 0.344 e. The molecule has 0 aromatic carbocycles. The van der Waals surface area contributed by atoms with Gasteiger partial charge in [-0.25, -0.2) is 0 Å². The minimum absolute atomic E-state index is 0.0486. The Labute approximate surface area is 113 Å². The molecule has 1 aliphatic rings. The van der Waals surface area contributed by atoms with Crippen molar-refractivity contribution in [3.8, 4) is 0 Å². The lowest BCUT2D eigenvalue weighted by Gasteiger charge is -2.24. The number of nitrogens with zero attached hydrogens (tertiary/aromatic N) is 2. The fraction of sp³-hybridized carbons (Fsp3) is 0.500. The van der Waals surface area contributed by atoms with Gasteiger partial charge in [0.15, 0.2) is 0 Å². The monoisotopic (exact) mass is 261 g/mol. The maximum atomic E-state index is 12.5. The number of hydrogen-bond acceptors (Lipinski definition) is 3. The van der Waals surface area contributed by atoms with Crippen LogP contribution in [0.5, 0.6) is 0 Å². The predicted octanol–water partition coefficient (Wildman–Crippen LogP) is 1.35. The Hall–Kier alpha value is -1.91. The Balaban J connectivity index is 2.23. The topological polar surface area (TPSA) is 62.3 Å². The Bertz CT molecular complexity index is 459. The van der Waals surface area contributed by atoms with Crippen molar-refractivity contribution in [3.05, 3.63) is 24.5 Å². The van der Waals surface area contributed by atoms with Crippen LogP contribution in [0.15, 0.2) is 24.5 Å². The molecule has 2 rings (SSSR count). The van der Waals surface area contributed by atoms with Crippen LogP contribution in [0.3, 0.4) is 0 Å². The molecule has 5 heteroatoms. The molecular formula is C14H19N3O2. The lowest BCUT2D eigenvalue weighted by molar-refractivity contribution is -0.125. The van der Waals surface area contributed by atoms with Gasteiger partial charge in [0, 0.05) is 19.2 Å². The van der Waals surface area contributed by atoms with E-state index in [1.165, 1.54) is 0 Å². The number of pyridine rings is 1. The van der Waals surface area contributed by atoms with Gasteiger partial charge in [-0.1, -0.05) is 13.8 Å². The summed E-state index contributed by atoms with van der Waals surface area (Å²) in [6.07, 6.45) is 4.30. The van der Waals surface area contributed by atoms with Crippen LogP contribution in [0.25, 0.3) is 0 Å². The molecule has 2 heterocycles. The summed E-state index contributed by atoms with van der Waals surface area (Å²) in [5.74, 6) is 0.237. The number of aromatic nitrogens is 1. The van der Waals surface area contributed by atoms with Crippen LogP contribution in [-0.2, 0) is 9.59 Å². The molecule has 1 saturated heterocycles. The van der Waals surface area contributed by atoms with E-state index in [1.54, 1.807) is 23.4 Å². The van der Waals surface area contributed by atoms with Crippen molar-refractivity contribution in [3.63, 3.8) is 0 Å². The molecule has 19 heavy (non-hydrogen) atoms. The van der Waals surface area contributed by atoms with Crippen molar-refractivity contribution in [2.75, 3.05) is 11.4 Å². The highest BCUT2D eigenvalue weighted by Gasteiger charge is 2.30. The molecular weight excluding hydrogens is 242 g/mol. The summed E-state index contributed by atoms with van der Waals surface area (Å²) in [5.41, 5.74) is 0.748. The second kappa shape index (κ2) is 5.82. The first-order valence-corrected chi connectivity index (χ1v) is 6.58. The van der Waals surface area contributed by atoms with Gasteiger partial charge in [-0.15, -0.1) is 0 Å². The van der Waals surface area contributed by atoms with Gasteiger partial charge in [0.05, 0.1) is 11.9 Å². The van der Waals surface area contributed by atoms with E-state index in [-0.39, 0.29) is 11.8 Å². The molecule has 0 bridgehead atoms. The molecule has 102 valence electrons. The van der Waals surface area contributed by atoms with E-state index in [4.69, 9.17) is 0 Å². The van der Waals surface area contributed by atoms with Gasteiger partial charge >= 0.3 is 0 Å². The SMILES string of the molecule is CC(C)CC1NC(=O)CCN(c2cccnc2)C1=O. The van der Waals surface area contributed by atoms with Crippen molar-refractivity contribution >= 4 is 17.5 Å². The first-order chi connectivity index (χ1) is 9.08. The molecule has 0 spiro atoms. The smallest absolute Gasteiger partial charge is 0.249 e. The summed E-state index contributed by atoms with van der Waals surface area (Å²) in [7, 11) is 0. The number of hydrogen-bond donors (Lipinski definition) is 1. The Morgan fingerprint density at radius 1 is 1.47 bits per heavy atom. The van der Waals surface area contributed by atoms with E-state index >= 15 is 0 Å². The minimum atomic E-state index is -0.435. The average Bonchev–Trinajstić information content (AvgIpc) is 2.51. The maximum Gasteiger partial charge on any atom is 0.249 e.